The SMILES string of the molecule is O=c1c2ccccc2cnn1C[C@H](O)c1ccc(F)cc1F. The first-order valence-corrected chi connectivity index (χ1v) is 6.64. The molecule has 0 aliphatic rings. The van der Waals surface area contributed by atoms with Crippen LogP contribution < -0.4 is 5.56 Å². The number of fused-ring (bicyclic) bond motifs is 1. The van der Waals surface area contributed by atoms with Crippen molar-refractivity contribution in [1.29, 1.82) is 0 Å². The van der Waals surface area contributed by atoms with Crippen molar-refractivity contribution in [3.63, 3.8) is 0 Å². The van der Waals surface area contributed by atoms with Crippen molar-refractivity contribution in [2.45, 2.75) is 12.6 Å². The summed E-state index contributed by atoms with van der Waals surface area (Å²) in [6.45, 7) is -0.216. The Labute approximate surface area is 124 Å². The van der Waals surface area contributed by atoms with Gasteiger partial charge in [-0.15, -0.1) is 0 Å². The van der Waals surface area contributed by atoms with Crippen LogP contribution in [-0.4, -0.2) is 14.9 Å². The fourth-order valence-corrected chi connectivity index (χ4v) is 2.29. The molecule has 112 valence electrons. The highest BCUT2D eigenvalue weighted by Gasteiger charge is 2.16. The van der Waals surface area contributed by atoms with E-state index < -0.39 is 17.7 Å². The van der Waals surface area contributed by atoms with E-state index in [1.807, 2.05) is 0 Å². The molecule has 1 heterocycles. The predicted molar refractivity (Wildman–Crippen MR) is 77.3 cm³/mol. The Hall–Kier alpha value is -2.60. The van der Waals surface area contributed by atoms with E-state index in [9.17, 15) is 18.7 Å². The second kappa shape index (κ2) is 5.65. The summed E-state index contributed by atoms with van der Waals surface area (Å²) in [4.78, 5) is 12.3. The summed E-state index contributed by atoms with van der Waals surface area (Å²) in [6, 6.07) is 9.82. The number of aromatic nitrogens is 2. The molecule has 0 aliphatic heterocycles. The first-order chi connectivity index (χ1) is 10.6. The van der Waals surface area contributed by atoms with Gasteiger partial charge in [-0.25, -0.2) is 13.5 Å². The summed E-state index contributed by atoms with van der Waals surface area (Å²) in [5.41, 5.74) is -0.456. The zero-order valence-electron chi connectivity index (χ0n) is 11.4. The Morgan fingerprint density at radius 1 is 1.18 bits per heavy atom. The minimum absolute atomic E-state index is 0.0803. The normalized spacial score (nSPS) is 12.5. The van der Waals surface area contributed by atoms with Gasteiger partial charge in [0.2, 0.25) is 0 Å². The lowest BCUT2D eigenvalue weighted by Gasteiger charge is -2.13. The van der Waals surface area contributed by atoms with Crippen LogP contribution in [0.5, 0.6) is 0 Å². The zero-order chi connectivity index (χ0) is 15.7. The third-order valence-electron chi connectivity index (χ3n) is 3.43. The molecule has 6 heteroatoms. The fraction of sp³-hybridized carbons (Fsp3) is 0.125. The van der Waals surface area contributed by atoms with Crippen LogP contribution in [0.2, 0.25) is 0 Å². The Morgan fingerprint density at radius 3 is 2.73 bits per heavy atom. The molecule has 0 radical (unpaired) electrons. The Morgan fingerprint density at radius 2 is 1.95 bits per heavy atom. The van der Waals surface area contributed by atoms with Gasteiger partial charge in [-0.1, -0.05) is 24.3 Å². The maximum atomic E-state index is 13.6. The first-order valence-electron chi connectivity index (χ1n) is 6.64. The second-order valence-corrected chi connectivity index (χ2v) is 4.90. The maximum Gasteiger partial charge on any atom is 0.274 e. The van der Waals surface area contributed by atoms with Crippen LogP contribution in [0.25, 0.3) is 10.8 Å². The van der Waals surface area contributed by atoms with Crippen LogP contribution in [0, 0.1) is 11.6 Å². The number of halogens is 2. The van der Waals surface area contributed by atoms with E-state index in [0.717, 1.165) is 16.8 Å². The Balaban J connectivity index is 1.96. The topological polar surface area (TPSA) is 55.1 Å². The van der Waals surface area contributed by atoms with Crippen molar-refractivity contribution >= 4 is 10.8 Å². The van der Waals surface area contributed by atoms with Crippen LogP contribution in [0.4, 0.5) is 8.78 Å². The minimum atomic E-state index is -1.30. The molecule has 3 rings (SSSR count). The van der Waals surface area contributed by atoms with Crippen LogP contribution in [0.15, 0.2) is 53.5 Å². The van der Waals surface area contributed by atoms with Crippen molar-refractivity contribution in [1.82, 2.24) is 9.78 Å². The minimum Gasteiger partial charge on any atom is -0.386 e. The number of aliphatic hydroxyl groups is 1. The van der Waals surface area contributed by atoms with Gasteiger partial charge in [-0.05, 0) is 12.1 Å². The van der Waals surface area contributed by atoms with Crippen molar-refractivity contribution in [3.05, 3.63) is 76.2 Å². The van der Waals surface area contributed by atoms with E-state index in [2.05, 4.69) is 5.10 Å². The molecule has 0 unspecified atom stereocenters. The van der Waals surface area contributed by atoms with Crippen LogP contribution in [0.3, 0.4) is 0 Å². The van der Waals surface area contributed by atoms with Gasteiger partial charge in [0.15, 0.2) is 0 Å². The van der Waals surface area contributed by atoms with Gasteiger partial charge >= 0.3 is 0 Å². The molecule has 0 bridgehead atoms. The van der Waals surface area contributed by atoms with Crippen LogP contribution >= 0.6 is 0 Å². The average Bonchev–Trinajstić information content (AvgIpc) is 2.50. The standard InChI is InChI=1S/C16H12F2N2O2/c17-11-5-6-13(14(18)7-11)15(21)9-20-16(22)12-4-2-1-3-10(12)8-19-20/h1-8,15,21H,9H2/t15-/m0/s1. The predicted octanol–water partition coefficient (Wildman–Crippen LogP) is 2.41. The van der Waals surface area contributed by atoms with Crippen molar-refractivity contribution < 1.29 is 13.9 Å². The van der Waals surface area contributed by atoms with E-state index in [0.29, 0.717) is 16.8 Å². The van der Waals surface area contributed by atoms with E-state index in [4.69, 9.17) is 0 Å². The number of rotatable bonds is 3. The van der Waals surface area contributed by atoms with Crippen molar-refractivity contribution in [2.24, 2.45) is 0 Å². The highest BCUT2D eigenvalue weighted by molar-refractivity contribution is 5.80. The smallest absolute Gasteiger partial charge is 0.274 e. The van der Waals surface area contributed by atoms with Gasteiger partial charge in [-0.2, -0.15) is 5.10 Å². The molecule has 3 aromatic rings. The van der Waals surface area contributed by atoms with Gasteiger partial charge in [0.1, 0.15) is 17.7 Å². The van der Waals surface area contributed by atoms with Crippen LogP contribution in [0.1, 0.15) is 11.7 Å². The molecule has 22 heavy (non-hydrogen) atoms. The van der Waals surface area contributed by atoms with Crippen molar-refractivity contribution in [3.8, 4) is 0 Å². The monoisotopic (exact) mass is 302 g/mol. The highest BCUT2D eigenvalue weighted by Crippen LogP contribution is 2.19. The fourth-order valence-electron chi connectivity index (χ4n) is 2.29. The number of hydrogen-bond donors (Lipinski definition) is 1. The van der Waals surface area contributed by atoms with E-state index in [-0.39, 0.29) is 17.7 Å². The van der Waals surface area contributed by atoms with Gasteiger partial charge in [0.25, 0.3) is 5.56 Å². The molecule has 0 saturated carbocycles. The number of aliphatic hydroxyl groups excluding tert-OH is 1. The molecule has 1 N–H and O–H groups in total. The summed E-state index contributed by atoms with van der Waals surface area (Å²) >= 11 is 0. The average molecular weight is 302 g/mol. The number of hydrogen-bond acceptors (Lipinski definition) is 3. The summed E-state index contributed by atoms with van der Waals surface area (Å²) in [5, 5.41) is 15.2. The summed E-state index contributed by atoms with van der Waals surface area (Å²) in [7, 11) is 0. The number of benzene rings is 2. The molecular weight excluding hydrogens is 290 g/mol. The van der Waals surface area contributed by atoms with Gasteiger partial charge < -0.3 is 5.11 Å². The third-order valence-corrected chi connectivity index (χ3v) is 3.43. The summed E-state index contributed by atoms with van der Waals surface area (Å²) in [5.74, 6) is -1.59. The summed E-state index contributed by atoms with van der Waals surface area (Å²) < 4.78 is 27.6. The molecule has 0 aliphatic carbocycles. The van der Waals surface area contributed by atoms with E-state index >= 15 is 0 Å². The van der Waals surface area contributed by atoms with Crippen LogP contribution in [-0.2, 0) is 6.54 Å². The van der Waals surface area contributed by atoms with Gasteiger partial charge in [0.05, 0.1) is 18.1 Å². The van der Waals surface area contributed by atoms with E-state index in [1.54, 1.807) is 24.3 Å². The van der Waals surface area contributed by atoms with Gasteiger partial charge in [-0.3, -0.25) is 4.79 Å². The van der Waals surface area contributed by atoms with E-state index in [1.165, 1.54) is 6.20 Å². The molecule has 2 aromatic carbocycles. The largest absolute Gasteiger partial charge is 0.386 e. The molecule has 0 fully saturated rings. The highest BCUT2D eigenvalue weighted by atomic mass is 19.1. The van der Waals surface area contributed by atoms with Gasteiger partial charge in [0, 0.05) is 17.0 Å². The Bertz CT molecular complexity index is 893. The molecular formula is C16H12F2N2O2. The first kappa shape index (κ1) is 14.3. The van der Waals surface area contributed by atoms with Crippen molar-refractivity contribution in [2.75, 3.05) is 0 Å². The molecule has 0 amide bonds. The molecule has 4 nitrogen and oxygen atoms in total. The molecule has 0 spiro atoms. The maximum absolute atomic E-state index is 13.6. The lowest BCUT2D eigenvalue weighted by Crippen LogP contribution is -2.26. The molecule has 0 saturated heterocycles. The third kappa shape index (κ3) is 2.60. The molecule has 1 aromatic heterocycles. The number of nitrogens with zero attached hydrogens (tertiary/aromatic N) is 2. The zero-order valence-corrected chi connectivity index (χ0v) is 11.4. The Kier molecular flexibility index (Phi) is 3.68. The lowest BCUT2D eigenvalue weighted by atomic mass is 10.1. The quantitative estimate of drug-likeness (QED) is 0.808. The second-order valence-electron chi connectivity index (χ2n) is 4.90. The summed E-state index contributed by atoms with van der Waals surface area (Å²) in [6.07, 6.45) is 0.205. The molecule has 1 atom stereocenters. The lowest BCUT2D eigenvalue weighted by molar-refractivity contribution is 0.145.